The molecule has 17 heavy (non-hydrogen) atoms. The predicted octanol–water partition coefficient (Wildman–Crippen LogP) is 1.83. The maximum atomic E-state index is 13.1. The van der Waals surface area contributed by atoms with Gasteiger partial charge in [-0.1, -0.05) is 6.07 Å². The van der Waals surface area contributed by atoms with E-state index in [0.717, 1.165) is 12.1 Å². The van der Waals surface area contributed by atoms with Crippen molar-refractivity contribution in [3.05, 3.63) is 35.4 Å². The summed E-state index contributed by atoms with van der Waals surface area (Å²) in [6.07, 6.45) is 0. The van der Waals surface area contributed by atoms with E-state index in [-0.39, 0.29) is 11.9 Å². The van der Waals surface area contributed by atoms with Gasteiger partial charge < -0.3 is 10.6 Å². The zero-order valence-electron chi connectivity index (χ0n) is 10.1. The van der Waals surface area contributed by atoms with Crippen LogP contribution in [-0.4, -0.2) is 23.9 Å². The molecule has 0 spiro atoms. The second kappa shape index (κ2) is 5.23. The van der Waals surface area contributed by atoms with E-state index in [0.29, 0.717) is 5.56 Å². The molecule has 1 aromatic rings. The van der Waals surface area contributed by atoms with Gasteiger partial charge in [0.2, 0.25) is 5.91 Å². The van der Waals surface area contributed by atoms with Gasteiger partial charge in [0.15, 0.2) is 11.6 Å². The first-order valence-electron chi connectivity index (χ1n) is 5.31. The highest BCUT2D eigenvalue weighted by Gasteiger charge is 2.20. The van der Waals surface area contributed by atoms with Crippen molar-refractivity contribution in [3.63, 3.8) is 0 Å². The fourth-order valence-electron chi connectivity index (χ4n) is 1.51. The number of rotatable bonds is 3. The lowest BCUT2D eigenvalue weighted by Gasteiger charge is -2.26. The van der Waals surface area contributed by atoms with Crippen molar-refractivity contribution in [3.8, 4) is 0 Å². The standard InChI is InChI=1S/C12H16F2N2O/c1-7(15)12(17)16(3)8(2)9-4-5-10(13)11(14)6-9/h4-8H,15H2,1-3H3/t7-,8?/m1/s1. The summed E-state index contributed by atoms with van der Waals surface area (Å²) in [5.74, 6) is -2.07. The normalized spacial score (nSPS) is 14.2. The molecule has 2 N–H and O–H groups in total. The second-order valence-corrected chi connectivity index (χ2v) is 4.09. The van der Waals surface area contributed by atoms with Crippen molar-refractivity contribution in [2.75, 3.05) is 7.05 Å². The van der Waals surface area contributed by atoms with Gasteiger partial charge in [0, 0.05) is 7.05 Å². The van der Waals surface area contributed by atoms with Crippen molar-refractivity contribution in [2.45, 2.75) is 25.9 Å². The molecule has 0 aliphatic carbocycles. The maximum Gasteiger partial charge on any atom is 0.239 e. The number of halogens is 2. The molecule has 3 nitrogen and oxygen atoms in total. The third-order valence-electron chi connectivity index (χ3n) is 2.74. The number of amides is 1. The summed E-state index contributed by atoms with van der Waals surface area (Å²) >= 11 is 0. The Morgan fingerprint density at radius 2 is 1.88 bits per heavy atom. The number of carbonyl (C=O) groups is 1. The number of nitrogens with two attached hydrogens (primary N) is 1. The van der Waals surface area contributed by atoms with E-state index < -0.39 is 17.7 Å². The first-order chi connectivity index (χ1) is 7.84. The Morgan fingerprint density at radius 1 is 1.29 bits per heavy atom. The van der Waals surface area contributed by atoms with Gasteiger partial charge in [-0.2, -0.15) is 0 Å². The molecular formula is C12H16F2N2O. The van der Waals surface area contributed by atoms with Gasteiger partial charge in [-0.25, -0.2) is 8.78 Å². The highest BCUT2D eigenvalue weighted by Crippen LogP contribution is 2.21. The molecule has 1 rings (SSSR count). The Morgan fingerprint density at radius 3 is 2.35 bits per heavy atom. The van der Waals surface area contributed by atoms with Crippen LogP contribution in [0.3, 0.4) is 0 Å². The maximum absolute atomic E-state index is 13.1. The van der Waals surface area contributed by atoms with Crippen LogP contribution in [0.2, 0.25) is 0 Å². The fourth-order valence-corrected chi connectivity index (χ4v) is 1.51. The Bertz CT molecular complexity index is 421. The predicted molar refractivity (Wildman–Crippen MR) is 61.2 cm³/mol. The van der Waals surface area contributed by atoms with Gasteiger partial charge in [-0.3, -0.25) is 4.79 Å². The minimum absolute atomic E-state index is 0.248. The number of hydrogen-bond donors (Lipinski definition) is 1. The largest absolute Gasteiger partial charge is 0.338 e. The van der Waals surface area contributed by atoms with E-state index in [1.54, 1.807) is 20.9 Å². The van der Waals surface area contributed by atoms with Gasteiger partial charge >= 0.3 is 0 Å². The summed E-state index contributed by atoms with van der Waals surface area (Å²) in [5.41, 5.74) is 6.01. The fraction of sp³-hybridized carbons (Fsp3) is 0.417. The molecule has 0 bridgehead atoms. The molecule has 1 aromatic carbocycles. The first-order valence-corrected chi connectivity index (χ1v) is 5.31. The van der Waals surface area contributed by atoms with Crippen LogP contribution >= 0.6 is 0 Å². The van der Waals surface area contributed by atoms with Crippen LogP contribution in [0.5, 0.6) is 0 Å². The van der Waals surface area contributed by atoms with Crippen LogP contribution in [0.25, 0.3) is 0 Å². The van der Waals surface area contributed by atoms with Crippen LogP contribution in [0.1, 0.15) is 25.5 Å². The van der Waals surface area contributed by atoms with Crippen LogP contribution < -0.4 is 5.73 Å². The number of carbonyl (C=O) groups excluding carboxylic acids is 1. The molecule has 0 fully saturated rings. The van der Waals surface area contributed by atoms with Crippen LogP contribution in [0.4, 0.5) is 8.78 Å². The molecule has 1 unspecified atom stereocenters. The Balaban J connectivity index is 2.92. The van der Waals surface area contributed by atoms with Gasteiger partial charge in [0.1, 0.15) is 0 Å². The van der Waals surface area contributed by atoms with Crippen molar-refractivity contribution < 1.29 is 13.6 Å². The Labute approximate surface area is 99.2 Å². The van der Waals surface area contributed by atoms with Crippen molar-refractivity contribution in [1.29, 1.82) is 0 Å². The van der Waals surface area contributed by atoms with E-state index in [1.807, 2.05) is 0 Å². The van der Waals surface area contributed by atoms with Crippen LogP contribution in [0, 0.1) is 11.6 Å². The number of likely N-dealkylation sites (N-methyl/N-ethyl adjacent to an activating group) is 1. The summed E-state index contributed by atoms with van der Waals surface area (Å²) in [6, 6.07) is 2.61. The van der Waals surface area contributed by atoms with Gasteiger partial charge in [-0.05, 0) is 31.5 Å². The SMILES string of the molecule is CC(c1ccc(F)c(F)c1)N(C)C(=O)[C@@H](C)N. The summed E-state index contributed by atoms with van der Waals surface area (Å²) in [5, 5.41) is 0. The zero-order chi connectivity index (χ0) is 13.2. The highest BCUT2D eigenvalue weighted by atomic mass is 19.2. The molecular weight excluding hydrogens is 226 g/mol. The minimum atomic E-state index is -0.920. The third kappa shape index (κ3) is 3.00. The topological polar surface area (TPSA) is 46.3 Å². The molecule has 2 atom stereocenters. The van der Waals surface area contributed by atoms with Gasteiger partial charge in [0.25, 0.3) is 0 Å². The third-order valence-corrected chi connectivity index (χ3v) is 2.74. The number of benzene rings is 1. The highest BCUT2D eigenvalue weighted by molar-refractivity contribution is 5.81. The molecule has 0 saturated heterocycles. The summed E-state index contributed by atoms with van der Waals surface area (Å²) < 4.78 is 25.8. The Kier molecular flexibility index (Phi) is 4.17. The minimum Gasteiger partial charge on any atom is -0.338 e. The molecule has 5 heteroatoms. The Hall–Kier alpha value is -1.49. The molecule has 0 aliphatic heterocycles. The summed E-state index contributed by atoms with van der Waals surface area (Å²) in [4.78, 5) is 13.1. The smallest absolute Gasteiger partial charge is 0.239 e. The van der Waals surface area contributed by atoms with Crippen molar-refractivity contribution in [1.82, 2.24) is 4.90 Å². The quantitative estimate of drug-likeness (QED) is 0.879. The van der Waals surface area contributed by atoms with Crippen molar-refractivity contribution >= 4 is 5.91 Å². The average molecular weight is 242 g/mol. The molecule has 0 radical (unpaired) electrons. The summed E-state index contributed by atoms with van der Waals surface area (Å²) in [6.45, 7) is 3.31. The average Bonchev–Trinajstić information content (AvgIpc) is 2.29. The second-order valence-electron chi connectivity index (χ2n) is 4.09. The van der Waals surface area contributed by atoms with Crippen molar-refractivity contribution in [2.24, 2.45) is 5.73 Å². The van der Waals surface area contributed by atoms with Crippen LogP contribution in [0.15, 0.2) is 18.2 Å². The van der Waals surface area contributed by atoms with E-state index in [9.17, 15) is 13.6 Å². The number of nitrogens with zero attached hydrogens (tertiary/aromatic N) is 1. The van der Waals surface area contributed by atoms with E-state index in [2.05, 4.69) is 0 Å². The van der Waals surface area contributed by atoms with Crippen LogP contribution in [-0.2, 0) is 4.79 Å². The molecule has 0 heterocycles. The lowest BCUT2D eigenvalue weighted by Crippen LogP contribution is -2.40. The lowest BCUT2D eigenvalue weighted by atomic mass is 10.1. The summed E-state index contributed by atoms with van der Waals surface area (Å²) in [7, 11) is 1.58. The van der Waals surface area contributed by atoms with E-state index in [1.165, 1.54) is 11.0 Å². The first kappa shape index (κ1) is 13.6. The van der Waals surface area contributed by atoms with E-state index >= 15 is 0 Å². The molecule has 0 aliphatic rings. The molecule has 1 amide bonds. The van der Waals surface area contributed by atoms with E-state index in [4.69, 9.17) is 5.73 Å². The molecule has 94 valence electrons. The lowest BCUT2D eigenvalue weighted by molar-refractivity contribution is -0.132. The zero-order valence-corrected chi connectivity index (χ0v) is 10.1. The monoisotopic (exact) mass is 242 g/mol. The van der Waals surface area contributed by atoms with Gasteiger partial charge in [-0.15, -0.1) is 0 Å². The molecule has 0 aromatic heterocycles. The molecule has 0 saturated carbocycles. The number of hydrogen-bond acceptors (Lipinski definition) is 2. The van der Waals surface area contributed by atoms with Gasteiger partial charge in [0.05, 0.1) is 12.1 Å².